The summed E-state index contributed by atoms with van der Waals surface area (Å²) < 4.78 is 6.81. The van der Waals surface area contributed by atoms with Crippen LogP contribution in [0.25, 0.3) is 6.08 Å². The molecule has 1 aliphatic rings. The van der Waals surface area contributed by atoms with E-state index in [0.717, 1.165) is 4.47 Å². The number of carbonyl (C=O) groups excluding carboxylic acids is 2. The standard InChI is InChI=1S/C15H7BrClIN2O3S/c16-11-6-9(23-12(11)18)5-10-13(21)19-15(24)20(14(10)22)8-3-1-2-7(17)4-8/h1-6H,(H,19,21,24)/b10-5+. The molecular formula is C15H7BrClIN2O3S. The predicted octanol–water partition coefficient (Wildman–Crippen LogP) is 4.13. The molecule has 5 nitrogen and oxygen atoms in total. The minimum Gasteiger partial charge on any atom is -0.450 e. The Morgan fingerprint density at radius 3 is 2.71 bits per heavy atom. The fourth-order valence-corrected chi connectivity index (χ4v) is 3.27. The molecule has 0 atom stereocenters. The molecule has 1 N–H and O–H groups in total. The normalized spacial score (nSPS) is 16.7. The average molecular weight is 538 g/mol. The van der Waals surface area contributed by atoms with Gasteiger partial charge in [-0.2, -0.15) is 0 Å². The highest BCUT2D eigenvalue weighted by Crippen LogP contribution is 2.27. The van der Waals surface area contributed by atoms with E-state index in [1.807, 2.05) is 22.6 Å². The monoisotopic (exact) mass is 536 g/mol. The number of hydrogen-bond acceptors (Lipinski definition) is 4. The van der Waals surface area contributed by atoms with Crippen LogP contribution in [0.4, 0.5) is 5.69 Å². The van der Waals surface area contributed by atoms with Gasteiger partial charge >= 0.3 is 0 Å². The second-order valence-corrected chi connectivity index (χ2v) is 7.37. The van der Waals surface area contributed by atoms with Gasteiger partial charge in [-0.3, -0.25) is 19.8 Å². The number of furan rings is 1. The van der Waals surface area contributed by atoms with Crippen LogP contribution in [0.1, 0.15) is 5.76 Å². The third-order valence-electron chi connectivity index (χ3n) is 3.12. The number of thiocarbonyl (C=S) groups is 1. The Kier molecular flexibility index (Phi) is 5.09. The van der Waals surface area contributed by atoms with E-state index in [9.17, 15) is 9.59 Å². The van der Waals surface area contributed by atoms with Gasteiger partial charge < -0.3 is 4.42 Å². The van der Waals surface area contributed by atoms with Gasteiger partial charge in [0.25, 0.3) is 11.8 Å². The summed E-state index contributed by atoms with van der Waals surface area (Å²) >= 11 is 16.4. The van der Waals surface area contributed by atoms with Gasteiger partial charge in [0.2, 0.25) is 0 Å². The van der Waals surface area contributed by atoms with Crippen molar-refractivity contribution in [3.63, 3.8) is 0 Å². The first-order valence-electron chi connectivity index (χ1n) is 6.48. The van der Waals surface area contributed by atoms with Crippen LogP contribution in [-0.4, -0.2) is 16.9 Å². The zero-order valence-corrected chi connectivity index (χ0v) is 17.0. The number of rotatable bonds is 2. The molecule has 24 heavy (non-hydrogen) atoms. The number of hydrogen-bond donors (Lipinski definition) is 1. The summed E-state index contributed by atoms with van der Waals surface area (Å²) in [5.41, 5.74) is 0.389. The number of halogens is 3. The molecular weight excluding hydrogens is 531 g/mol. The predicted molar refractivity (Wildman–Crippen MR) is 107 cm³/mol. The van der Waals surface area contributed by atoms with Crippen molar-refractivity contribution in [2.24, 2.45) is 0 Å². The molecule has 2 aromatic rings. The second-order valence-electron chi connectivity index (χ2n) is 4.71. The number of carbonyl (C=O) groups is 2. The first kappa shape index (κ1) is 17.6. The maximum atomic E-state index is 12.8. The van der Waals surface area contributed by atoms with Crippen molar-refractivity contribution in [3.05, 3.63) is 54.9 Å². The lowest BCUT2D eigenvalue weighted by atomic mass is 10.1. The van der Waals surface area contributed by atoms with E-state index in [1.54, 1.807) is 30.3 Å². The highest BCUT2D eigenvalue weighted by Gasteiger charge is 2.34. The molecule has 0 saturated carbocycles. The van der Waals surface area contributed by atoms with Crippen LogP contribution in [0.2, 0.25) is 5.02 Å². The summed E-state index contributed by atoms with van der Waals surface area (Å²) in [5.74, 6) is -0.747. The van der Waals surface area contributed by atoms with E-state index in [0.29, 0.717) is 20.2 Å². The molecule has 3 rings (SSSR count). The molecule has 0 unspecified atom stereocenters. The van der Waals surface area contributed by atoms with Crippen molar-refractivity contribution in [2.45, 2.75) is 0 Å². The van der Waals surface area contributed by atoms with Gasteiger partial charge in [-0.1, -0.05) is 17.7 Å². The number of nitrogens with one attached hydrogen (secondary N) is 1. The molecule has 9 heteroatoms. The number of nitrogens with zero attached hydrogens (tertiary/aromatic N) is 1. The Labute approximate surface area is 169 Å². The van der Waals surface area contributed by atoms with Crippen LogP contribution in [0.5, 0.6) is 0 Å². The van der Waals surface area contributed by atoms with Crippen LogP contribution in [0.15, 0.2) is 44.8 Å². The molecule has 2 amide bonds. The number of benzene rings is 1. The first-order valence-corrected chi connectivity index (χ1v) is 9.14. The van der Waals surface area contributed by atoms with Gasteiger partial charge in [0, 0.05) is 27.6 Å². The minimum absolute atomic E-state index is 0.000349. The Morgan fingerprint density at radius 2 is 2.08 bits per heavy atom. The maximum absolute atomic E-state index is 12.8. The largest absolute Gasteiger partial charge is 0.450 e. The molecule has 1 saturated heterocycles. The van der Waals surface area contributed by atoms with Gasteiger partial charge in [-0.15, -0.1) is 0 Å². The molecule has 0 radical (unpaired) electrons. The van der Waals surface area contributed by atoms with E-state index in [-0.39, 0.29) is 10.7 Å². The highest BCUT2D eigenvalue weighted by molar-refractivity contribution is 14.1. The summed E-state index contributed by atoms with van der Waals surface area (Å²) in [5, 5.41) is 2.95. The van der Waals surface area contributed by atoms with Gasteiger partial charge in [0.1, 0.15) is 11.3 Å². The zero-order chi connectivity index (χ0) is 17.4. The van der Waals surface area contributed by atoms with Gasteiger partial charge in [0.05, 0.1) is 10.2 Å². The topological polar surface area (TPSA) is 62.6 Å². The maximum Gasteiger partial charge on any atom is 0.270 e. The van der Waals surface area contributed by atoms with Crippen LogP contribution >= 0.6 is 62.3 Å². The molecule has 1 aliphatic heterocycles. The molecule has 1 fully saturated rings. The molecule has 2 heterocycles. The van der Waals surface area contributed by atoms with Gasteiger partial charge in [-0.25, -0.2) is 0 Å². The summed E-state index contributed by atoms with van der Waals surface area (Å²) in [4.78, 5) is 26.1. The Hall–Kier alpha value is -1.23. The SMILES string of the molecule is O=C1NC(=S)N(c2cccc(Cl)c2)C(=O)/C1=C/c1cc(Br)c(I)o1. The minimum atomic E-state index is -0.578. The van der Waals surface area contributed by atoms with Crippen molar-refractivity contribution < 1.29 is 14.0 Å². The van der Waals surface area contributed by atoms with Crippen LogP contribution in [0, 0.1) is 3.77 Å². The van der Waals surface area contributed by atoms with E-state index in [4.69, 9.17) is 28.2 Å². The highest BCUT2D eigenvalue weighted by atomic mass is 127. The molecule has 1 aromatic carbocycles. The summed E-state index contributed by atoms with van der Waals surface area (Å²) in [6.45, 7) is 0. The van der Waals surface area contributed by atoms with E-state index in [1.165, 1.54) is 11.0 Å². The van der Waals surface area contributed by atoms with Gasteiger partial charge in [0.15, 0.2) is 8.88 Å². The second kappa shape index (κ2) is 6.95. The third-order valence-corrected chi connectivity index (χ3v) is 5.77. The molecule has 0 bridgehead atoms. The summed E-state index contributed by atoms with van der Waals surface area (Å²) in [6.07, 6.45) is 1.38. The lowest BCUT2D eigenvalue weighted by Crippen LogP contribution is -2.54. The van der Waals surface area contributed by atoms with Crippen molar-refractivity contribution in [2.75, 3.05) is 4.90 Å². The fraction of sp³-hybridized carbons (Fsp3) is 0. The van der Waals surface area contributed by atoms with Gasteiger partial charge in [-0.05, 0) is 58.5 Å². The third kappa shape index (κ3) is 3.41. The van der Waals surface area contributed by atoms with Crippen molar-refractivity contribution in [3.8, 4) is 0 Å². The summed E-state index contributed by atoms with van der Waals surface area (Å²) in [7, 11) is 0. The van der Waals surface area contributed by atoms with E-state index < -0.39 is 11.8 Å². The van der Waals surface area contributed by atoms with Crippen LogP contribution in [0.3, 0.4) is 0 Å². The average Bonchev–Trinajstić information content (AvgIpc) is 2.82. The van der Waals surface area contributed by atoms with Crippen molar-refractivity contribution >= 4 is 91.0 Å². The van der Waals surface area contributed by atoms with E-state index >= 15 is 0 Å². The smallest absolute Gasteiger partial charge is 0.270 e. The Balaban J connectivity index is 2.03. The molecule has 0 spiro atoms. The summed E-state index contributed by atoms with van der Waals surface area (Å²) in [6, 6.07) is 8.32. The van der Waals surface area contributed by atoms with Crippen LogP contribution in [-0.2, 0) is 9.59 Å². The lowest BCUT2D eigenvalue weighted by Gasteiger charge is -2.28. The molecule has 122 valence electrons. The zero-order valence-electron chi connectivity index (χ0n) is 11.7. The van der Waals surface area contributed by atoms with Crippen molar-refractivity contribution in [1.82, 2.24) is 5.32 Å². The Morgan fingerprint density at radius 1 is 1.33 bits per heavy atom. The Bertz CT molecular complexity index is 892. The van der Waals surface area contributed by atoms with E-state index in [2.05, 4.69) is 21.2 Å². The lowest BCUT2D eigenvalue weighted by molar-refractivity contribution is -0.122. The first-order chi connectivity index (χ1) is 11.4. The molecule has 1 aromatic heterocycles. The number of amides is 2. The van der Waals surface area contributed by atoms with Crippen molar-refractivity contribution in [1.29, 1.82) is 0 Å². The quantitative estimate of drug-likeness (QED) is 0.271. The number of anilines is 1. The van der Waals surface area contributed by atoms with Crippen LogP contribution < -0.4 is 10.2 Å². The fourth-order valence-electron chi connectivity index (χ4n) is 2.08. The molecule has 0 aliphatic carbocycles.